The summed E-state index contributed by atoms with van der Waals surface area (Å²) in [7, 11) is 3.02. The van der Waals surface area contributed by atoms with Gasteiger partial charge in [0.05, 0.1) is 14.2 Å². The summed E-state index contributed by atoms with van der Waals surface area (Å²) in [6, 6.07) is 13.6. The fourth-order valence-electron chi connectivity index (χ4n) is 2.04. The zero-order valence-electron chi connectivity index (χ0n) is 13.3. The monoisotopic (exact) mass is 308 g/mol. The predicted octanol–water partition coefficient (Wildman–Crippen LogP) is 4.69. The molecule has 0 unspecified atom stereocenters. The topological polar surface area (TPSA) is 38.7 Å². The Morgan fingerprint density at radius 2 is 1.26 bits per heavy atom. The van der Waals surface area contributed by atoms with Gasteiger partial charge in [-0.1, -0.05) is 66.8 Å². The number of phenolic OH excluding ortho intramolecular Hbond substituents is 1. The zero-order chi connectivity index (χ0) is 16.5. The number of hydrogen-bond donors (Lipinski definition) is 1. The first-order chi connectivity index (χ1) is 11.2. The van der Waals surface area contributed by atoms with Crippen molar-refractivity contribution in [2.24, 2.45) is 0 Å². The van der Waals surface area contributed by atoms with E-state index < -0.39 is 0 Å². The molecule has 0 aromatic heterocycles. The zero-order valence-corrected chi connectivity index (χ0v) is 13.3. The molecular weight excluding hydrogens is 288 g/mol. The maximum atomic E-state index is 9.87. The largest absolute Gasteiger partial charge is 0.502 e. The van der Waals surface area contributed by atoms with Crippen molar-refractivity contribution in [3.05, 3.63) is 77.9 Å². The second-order valence-electron chi connectivity index (χ2n) is 4.79. The van der Waals surface area contributed by atoms with Crippen molar-refractivity contribution >= 4 is 12.2 Å². The Morgan fingerprint density at radius 1 is 0.739 bits per heavy atom. The molecule has 2 aromatic carbocycles. The molecule has 0 amide bonds. The van der Waals surface area contributed by atoms with Crippen molar-refractivity contribution in [2.45, 2.75) is 0 Å². The molecule has 3 heteroatoms. The molecule has 0 aliphatic carbocycles. The Kier molecular flexibility index (Phi) is 6.07. The first kappa shape index (κ1) is 16.4. The third-order valence-electron chi connectivity index (χ3n) is 3.21. The molecular formula is C20H20O3. The van der Waals surface area contributed by atoms with Gasteiger partial charge in [0.25, 0.3) is 0 Å². The van der Waals surface area contributed by atoms with E-state index in [2.05, 4.69) is 12.1 Å². The van der Waals surface area contributed by atoms with Crippen LogP contribution < -0.4 is 9.47 Å². The molecule has 0 heterocycles. The van der Waals surface area contributed by atoms with Gasteiger partial charge in [-0.15, -0.1) is 0 Å². The van der Waals surface area contributed by atoms with Crippen molar-refractivity contribution in [3.63, 3.8) is 0 Å². The van der Waals surface area contributed by atoms with E-state index in [0.717, 1.165) is 11.1 Å². The second-order valence-corrected chi connectivity index (χ2v) is 4.79. The number of ether oxygens (including phenoxy) is 2. The van der Waals surface area contributed by atoms with Crippen molar-refractivity contribution < 1.29 is 14.6 Å². The molecule has 0 radical (unpaired) electrons. The maximum Gasteiger partial charge on any atom is 0.200 e. The number of methoxy groups -OCH3 is 2. The van der Waals surface area contributed by atoms with Gasteiger partial charge in [0.15, 0.2) is 11.5 Å². The summed E-state index contributed by atoms with van der Waals surface area (Å²) >= 11 is 0. The first-order valence-corrected chi connectivity index (χ1v) is 7.26. The van der Waals surface area contributed by atoms with Gasteiger partial charge in [-0.3, -0.25) is 0 Å². The minimum atomic E-state index is 0.00786. The highest BCUT2D eigenvalue weighted by molar-refractivity contribution is 5.62. The smallest absolute Gasteiger partial charge is 0.200 e. The highest BCUT2D eigenvalue weighted by atomic mass is 16.5. The molecule has 23 heavy (non-hydrogen) atoms. The minimum Gasteiger partial charge on any atom is -0.502 e. The summed E-state index contributed by atoms with van der Waals surface area (Å²) in [5.74, 6) is 0.780. The number of benzene rings is 2. The van der Waals surface area contributed by atoms with E-state index >= 15 is 0 Å². The van der Waals surface area contributed by atoms with E-state index in [0.29, 0.717) is 11.5 Å². The molecule has 0 saturated heterocycles. The maximum absolute atomic E-state index is 9.87. The van der Waals surface area contributed by atoms with Crippen LogP contribution in [0.5, 0.6) is 17.2 Å². The summed E-state index contributed by atoms with van der Waals surface area (Å²) in [4.78, 5) is 0. The third-order valence-corrected chi connectivity index (χ3v) is 3.21. The summed E-state index contributed by atoms with van der Waals surface area (Å²) < 4.78 is 10.3. The quantitative estimate of drug-likeness (QED) is 0.787. The standard InChI is InChI=1S/C20H20O3/c1-22-18-14-17(15-19(23-2)20(18)21)13-7-4-3-6-10-16-11-8-5-9-12-16/h3-15,21H,1-2H3/b4-3+,10-6+,13-7+. The van der Waals surface area contributed by atoms with Crippen molar-refractivity contribution in [2.75, 3.05) is 14.2 Å². The van der Waals surface area contributed by atoms with Gasteiger partial charge in [0.1, 0.15) is 0 Å². The summed E-state index contributed by atoms with van der Waals surface area (Å²) in [5, 5.41) is 9.87. The van der Waals surface area contributed by atoms with E-state index in [-0.39, 0.29) is 5.75 Å². The molecule has 0 aliphatic rings. The molecule has 0 saturated carbocycles. The predicted molar refractivity (Wildman–Crippen MR) is 94.9 cm³/mol. The van der Waals surface area contributed by atoms with Gasteiger partial charge in [0, 0.05) is 0 Å². The Morgan fingerprint density at radius 3 is 1.78 bits per heavy atom. The number of rotatable bonds is 6. The molecule has 0 atom stereocenters. The van der Waals surface area contributed by atoms with Crippen molar-refractivity contribution in [3.8, 4) is 17.2 Å². The average molecular weight is 308 g/mol. The van der Waals surface area contributed by atoms with Crippen LogP contribution in [0.4, 0.5) is 0 Å². The van der Waals surface area contributed by atoms with Crippen LogP contribution in [0.3, 0.4) is 0 Å². The Balaban J connectivity index is 2.03. The van der Waals surface area contributed by atoms with Gasteiger partial charge in [-0.2, -0.15) is 0 Å². The van der Waals surface area contributed by atoms with E-state index in [9.17, 15) is 5.11 Å². The molecule has 3 nitrogen and oxygen atoms in total. The van der Waals surface area contributed by atoms with Crippen LogP contribution in [0.1, 0.15) is 11.1 Å². The van der Waals surface area contributed by atoms with E-state index in [1.54, 1.807) is 12.1 Å². The molecule has 2 aromatic rings. The van der Waals surface area contributed by atoms with Crippen LogP contribution in [-0.2, 0) is 0 Å². The number of allylic oxidation sites excluding steroid dienone is 4. The molecule has 0 aliphatic heterocycles. The number of hydrogen-bond acceptors (Lipinski definition) is 3. The lowest BCUT2D eigenvalue weighted by Crippen LogP contribution is -1.89. The van der Waals surface area contributed by atoms with Gasteiger partial charge in [0.2, 0.25) is 5.75 Å². The van der Waals surface area contributed by atoms with Gasteiger partial charge in [-0.25, -0.2) is 0 Å². The Labute approximate surface area is 136 Å². The summed E-state index contributed by atoms with van der Waals surface area (Å²) in [6.45, 7) is 0. The summed E-state index contributed by atoms with van der Waals surface area (Å²) in [5.41, 5.74) is 2.04. The minimum absolute atomic E-state index is 0.00786. The average Bonchev–Trinajstić information content (AvgIpc) is 2.59. The molecule has 2 rings (SSSR count). The molecule has 0 bridgehead atoms. The van der Waals surface area contributed by atoms with Crippen molar-refractivity contribution in [1.82, 2.24) is 0 Å². The lowest BCUT2D eigenvalue weighted by atomic mass is 10.1. The van der Waals surface area contributed by atoms with Gasteiger partial charge >= 0.3 is 0 Å². The highest BCUT2D eigenvalue weighted by Gasteiger charge is 2.09. The van der Waals surface area contributed by atoms with E-state index in [1.165, 1.54) is 14.2 Å². The van der Waals surface area contributed by atoms with Gasteiger partial charge in [-0.05, 0) is 23.3 Å². The second kappa shape index (κ2) is 8.49. The molecule has 0 spiro atoms. The highest BCUT2D eigenvalue weighted by Crippen LogP contribution is 2.37. The summed E-state index contributed by atoms with van der Waals surface area (Å²) in [6.07, 6.45) is 11.7. The third kappa shape index (κ3) is 4.78. The van der Waals surface area contributed by atoms with E-state index in [1.807, 2.05) is 54.7 Å². The van der Waals surface area contributed by atoms with Crippen LogP contribution in [0.25, 0.3) is 12.2 Å². The fraction of sp³-hybridized carbons (Fsp3) is 0.100. The van der Waals surface area contributed by atoms with Crippen LogP contribution in [0.15, 0.2) is 66.8 Å². The Hall–Kier alpha value is -2.94. The van der Waals surface area contributed by atoms with Crippen LogP contribution in [-0.4, -0.2) is 19.3 Å². The van der Waals surface area contributed by atoms with Gasteiger partial charge < -0.3 is 14.6 Å². The SMILES string of the molecule is COc1cc(/C=C/C=C/C=C/c2ccccc2)cc(OC)c1O. The fourth-order valence-corrected chi connectivity index (χ4v) is 2.04. The molecule has 1 N–H and O–H groups in total. The first-order valence-electron chi connectivity index (χ1n) is 7.26. The van der Waals surface area contributed by atoms with Crippen LogP contribution >= 0.6 is 0 Å². The molecule has 118 valence electrons. The normalized spacial score (nSPS) is 11.6. The molecule has 0 fully saturated rings. The lowest BCUT2D eigenvalue weighted by molar-refractivity contribution is 0.340. The number of aromatic hydroxyl groups is 1. The Bertz CT molecular complexity index is 688. The van der Waals surface area contributed by atoms with Crippen LogP contribution in [0, 0.1) is 0 Å². The van der Waals surface area contributed by atoms with Crippen LogP contribution in [0.2, 0.25) is 0 Å². The lowest BCUT2D eigenvalue weighted by Gasteiger charge is -2.09. The van der Waals surface area contributed by atoms with E-state index in [4.69, 9.17) is 9.47 Å². The number of phenols is 1. The van der Waals surface area contributed by atoms with Crippen molar-refractivity contribution in [1.29, 1.82) is 0 Å².